The van der Waals surface area contributed by atoms with Crippen LogP contribution in [0.15, 0.2) is 30.5 Å². The predicted octanol–water partition coefficient (Wildman–Crippen LogP) is 4.28. The molecule has 1 atom stereocenters. The highest BCUT2D eigenvalue weighted by molar-refractivity contribution is 5.81. The molecule has 1 aliphatic heterocycles. The van der Waals surface area contributed by atoms with Crippen LogP contribution in [-0.2, 0) is 4.79 Å². The lowest BCUT2D eigenvalue weighted by molar-refractivity contribution is -0.140. The third kappa shape index (κ3) is 3.81. The number of hydrogen-bond donors (Lipinski definition) is 0. The minimum Gasteiger partial charge on any atom is -0.342 e. The second-order valence-electron chi connectivity index (χ2n) is 8.54. The van der Waals surface area contributed by atoms with E-state index in [9.17, 15) is 4.79 Å². The van der Waals surface area contributed by atoms with E-state index in [4.69, 9.17) is 4.98 Å². The lowest BCUT2D eigenvalue weighted by Crippen LogP contribution is -2.44. The van der Waals surface area contributed by atoms with E-state index in [1.165, 1.54) is 0 Å². The molecule has 0 saturated carbocycles. The molecule has 0 aliphatic carbocycles. The average Bonchev–Trinajstić information content (AvgIpc) is 3.10. The van der Waals surface area contributed by atoms with E-state index in [1.807, 2.05) is 48.7 Å². The summed E-state index contributed by atoms with van der Waals surface area (Å²) in [6.45, 7) is 11.8. The van der Waals surface area contributed by atoms with Gasteiger partial charge in [0.25, 0.3) is 0 Å². The van der Waals surface area contributed by atoms with Crippen molar-refractivity contribution in [2.45, 2.75) is 59.4 Å². The summed E-state index contributed by atoms with van der Waals surface area (Å²) in [4.78, 5) is 19.6. The minimum absolute atomic E-state index is 0.233. The highest BCUT2D eigenvalue weighted by Crippen LogP contribution is 2.30. The Morgan fingerprint density at radius 1 is 1.23 bits per heavy atom. The number of carbonyl (C=O) groups is 1. The molecule has 0 unspecified atom stereocenters. The summed E-state index contributed by atoms with van der Waals surface area (Å²) in [6, 6.07) is 8.51. The first-order chi connectivity index (χ1) is 12.3. The van der Waals surface area contributed by atoms with Gasteiger partial charge in [-0.25, -0.2) is 0 Å². The smallest absolute Gasteiger partial charge is 0.227 e. The van der Waals surface area contributed by atoms with Crippen molar-refractivity contribution < 1.29 is 4.79 Å². The van der Waals surface area contributed by atoms with E-state index in [0.717, 1.165) is 43.0 Å². The molecule has 1 saturated heterocycles. The van der Waals surface area contributed by atoms with E-state index in [-0.39, 0.29) is 11.3 Å². The molecule has 0 N–H and O–H groups in total. The Bertz CT molecular complexity index is 772. The van der Waals surface area contributed by atoms with Crippen LogP contribution in [-0.4, -0.2) is 38.7 Å². The van der Waals surface area contributed by atoms with E-state index in [0.29, 0.717) is 12.0 Å². The van der Waals surface area contributed by atoms with Crippen LogP contribution in [0.5, 0.6) is 0 Å². The summed E-state index contributed by atoms with van der Waals surface area (Å²) in [5, 5.41) is 4.42. The van der Waals surface area contributed by atoms with Gasteiger partial charge in [0, 0.05) is 42.4 Å². The maximum Gasteiger partial charge on any atom is 0.227 e. The van der Waals surface area contributed by atoms with Crippen LogP contribution < -0.4 is 0 Å². The van der Waals surface area contributed by atoms with Gasteiger partial charge < -0.3 is 4.90 Å². The van der Waals surface area contributed by atoms with Crippen molar-refractivity contribution in [3.63, 3.8) is 0 Å². The maximum absolute atomic E-state index is 12.7. The number of pyridine rings is 1. The van der Waals surface area contributed by atoms with Gasteiger partial charge in [-0.05, 0) is 44.9 Å². The van der Waals surface area contributed by atoms with Gasteiger partial charge in [-0.2, -0.15) is 5.10 Å². The Hall–Kier alpha value is -2.17. The standard InChI is InChI=1S/C21H30N4O/c1-15(2)25-19(11-12-22-25)18-10-6-9-17(23-18)16-8-7-13-24(14-16)20(26)21(3,4)5/h6,9-12,15-16H,7-8,13-14H2,1-5H3/t16-/m0/s1. The summed E-state index contributed by atoms with van der Waals surface area (Å²) in [6.07, 6.45) is 3.93. The number of likely N-dealkylation sites (tertiary alicyclic amines) is 1. The van der Waals surface area contributed by atoms with Crippen molar-refractivity contribution >= 4 is 5.91 Å². The summed E-state index contributed by atoms with van der Waals surface area (Å²) >= 11 is 0. The van der Waals surface area contributed by atoms with Crippen LogP contribution in [0.4, 0.5) is 0 Å². The molecule has 140 valence electrons. The molecule has 0 aromatic carbocycles. The normalized spacial score (nSPS) is 18.4. The zero-order valence-electron chi connectivity index (χ0n) is 16.6. The van der Waals surface area contributed by atoms with Crippen molar-refractivity contribution in [2.75, 3.05) is 13.1 Å². The van der Waals surface area contributed by atoms with E-state index in [2.05, 4.69) is 31.1 Å². The molecule has 0 bridgehead atoms. The zero-order chi connectivity index (χ0) is 18.9. The molecular weight excluding hydrogens is 324 g/mol. The summed E-state index contributed by atoms with van der Waals surface area (Å²) in [5.41, 5.74) is 2.74. The van der Waals surface area contributed by atoms with Gasteiger partial charge in [-0.1, -0.05) is 26.8 Å². The van der Waals surface area contributed by atoms with Gasteiger partial charge in [0.05, 0.1) is 11.4 Å². The molecule has 0 spiro atoms. The van der Waals surface area contributed by atoms with E-state index < -0.39 is 0 Å². The molecule has 3 heterocycles. The largest absolute Gasteiger partial charge is 0.342 e. The summed E-state index contributed by atoms with van der Waals surface area (Å²) < 4.78 is 2.00. The molecular formula is C21H30N4O. The van der Waals surface area contributed by atoms with Crippen molar-refractivity contribution in [1.29, 1.82) is 0 Å². The van der Waals surface area contributed by atoms with Crippen molar-refractivity contribution in [1.82, 2.24) is 19.7 Å². The first-order valence-corrected chi connectivity index (χ1v) is 9.57. The monoisotopic (exact) mass is 354 g/mol. The second kappa shape index (κ2) is 7.22. The number of hydrogen-bond acceptors (Lipinski definition) is 3. The van der Waals surface area contributed by atoms with Crippen LogP contribution in [0.2, 0.25) is 0 Å². The maximum atomic E-state index is 12.7. The van der Waals surface area contributed by atoms with Crippen molar-refractivity contribution in [3.05, 3.63) is 36.2 Å². The molecule has 5 nitrogen and oxygen atoms in total. The lowest BCUT2D eigenvalue weighted by Gasteiger charge is -2.36. The van der Waals surface area contributed by atoms with Gasteiger partial charge in [0.15, 0.2) is 0 Å². The molecule has 2 aromatic heterocycles. The Labute approximate surface area is 156 Å². The molecule has 3 rings (SSSR count). The SMILES string of the molecule is CC(C)n1nccc1-c1cccc([C@H]2CCCN(C(=O)C(C)(C)C)C2)n1. The first-order valence-electron chi connectivity index (χ1n) is 9.57. The number of aromatic nitrogens is 3. The van der Waals surface area contributed by atoms with Crippen LogP contribution in [0.3, 0.4) is 0 Å². The third-order valence-corrected chi connectivity index (χ3v) is 4.96. The van der Waals surface area contributed by atoms with Gasteiger partial charge in [-0.15, -0.1) is 0 Å². The molecule has 1 amide bonds. The van der Waals surface area contributed by atoms with Gasteiger partial charge in [0.1, 0.15) is 0 Å². The average molecular weight is 354 g/mol. The Kier molecular flexibility index (Phi) is 5.17. The fraction of sp³-hybridized carbons (Fsp3) is 0.571. The van der Waals surface area contributed by atoms with Crippen LogP contribution in [0, 0.1) is 5.41 Å². The van der Waals surface area contributed by atoms with E-state index in [1.54, 1.807) is 0 Å². The van der Waals surface area contributed by atoms with Crippen LogP contribution in [0.25, 0.3) is 11.4 Å². The Morgan fingerprint density at radius 3 is 2.69 bits per heavy atom. The first kappa shape index (κ1) is 18.6. The third-order valence-electron chi connectivity index (χ3n) is 4.96. The van der Waals surface area contributed by atoms with Gasteiger partial charge in [-0.3, -0.25) is 14.5 Å². The predicted molar refractivity (Wildman–Crippen MR) is 104 cm³/mol. The summed E-state index contributed by atoms with van der Waals surface area (Å²) in [7, 11) is 0. The highest BCUT2D eigenvalue weighted by Gasteiger charge is 2.32. The van der Waals surface area contributed by atoms with Crippen molar-refractivity contribution in [2.24, 2.45) is 5.41 Å². The van der Waals surface area contributed by atoms with E-state index >= 15 is 0 Å². The van der Waals surface area contributed by atoms with Crippen LogP contribution >= 0.6 is 0 Å². The Morgan fingerprint density at radius 2 is 2.00 bits per heavy atom. The molecule has 1 fully saturated rings. The minimum atomic E-state index is -0.332. The number of rotatable bonds is 3. The lowest BCUT2D eigenvalue weighted by atomic mass is 9.89. The van der Waals surface area contributed by atoms with Crippen LogP contribution in [0.1, 0.15) is 65.1 Å². The molecule has 26 heavy (non-hydrogen) atoms. The fourth-order valence-corrected chi connectivity index (χ4v) is 3.63. The number of piperidine rings is 1. The fourth-order valence-electron chi connectivity index (χ4n) is 3.63. The second-order valence-corrected chi connectivity index (χ2v) is 8.54. The van der Waals surface area contributed by atoms with Gasteiger partial charge in [0.2, 0.25) is 5.91 Å². The number of nitrogens with zero attached hydrogens (tertiary/aromatic N) is 4. The molecule has 1 aliphatic rings. The molecule has 5 heteroatoms. The van der Waals surface area contributed by atoms with Crippen molar-refractivity contribution in [3.8, 4) is 11.4 Å². The summed E-state index contributed by atoms with van der Waals surface area (Å²) in [5.74, 6) is 0.529. The molecule has 2 aromatic rings. The highest BCUT2D eigenvalue weighted by atomic mass is 16.2. The zero-order valence-corrected chi connectivity index (χ0v) is 16.6. The number of carbonyl (C=O) groups excluding carboxylic acids is 1. The number of amides is 1. The Balaban J connectivity index is 1.84. The molecule has 0 radical (unpaired) electrons. The quantitative estimate of drug-likeness (QED) is 0.827. The topological polar surface area (TPSA) is 51.0 Å². The van der Waals surface area contributed by atoms with Gasteiger partial charge >= 0.3 is 0 Å².